The van der Waals surface area contributed by atoms with Crippen LogP contribution in [0.2, 0.25) is 0 Å². The molecule has 0 saturated carbocycles. The summed E-state index contributed by atoms with van der Waals surface area (Å²) in [5, 5.41) is 4.89. The number of anilines is 2. The molecule has 1 aromatic heterocycles. The van der Waals surface area contributed by atoms with Crippen LogP contribution >= 0.6 is 0 Å². The fourth-order valence-corrected chi connectivity index (χ4v) is 2.65. The summed E-state index contributed by atoms with van der Waals surface area (Å²) in [7, 11) is 0. The van der Waals surface area contributed by atoms with Crippen LogP contribution < -0.4 is 10.6 Å². The monoisotopic (exact) mass is 395 g/mol. The van der Waals surface area contributed by atoms with E-state index in [1.54, 1.807) is 12.1 Å². The van der Waals surface area contributed by atoms with Gasteiger partial charge in [-0.05, 0) is 41.8 Å². The van der Waals surface area contributed by atoms with Crippen molar-refractivity contribution < 1.29 is 18.4 Å². The zero-order valence-corrected chi connectivity index (χ0v) is 15.9. The topological polar surface area (TPSA) is 71.1 Å². The van der Waals surface area contributed by atoms with E-state index in [0.29, 0.717) is 11.6 Å². The van der Waals surface area contributed by atoms with Gasteiger partial charge in [0, 0.05) is 18.1 Å². The van der Waals surface area contributed by atoms with Gasteiger partial charge in [0.2, 0.25) is 0 Å². The van der Waals surface area contributed by atoms with E-state index in [1.165, 1.54) is 24.5 Å². The zero-order valence-electron chi connectivity index (χ0n) is 15.9. The quantitative estimate of drug-likeness (QED) is 0.640. The van der Waals surface area contributed by atoms with Crippen LogP contribution in [-0.2, 0) is 0 Å². The number of carbonyl (C=O) groups is 2. The Kier molecular flexibility index (Phi) is 5.97. The van der Waals surface area contributed by atoms with E-state index in [2.05, 4.69) is 29.5 Å². The van der Waals surface area contributed by atoms with Gasteiger partial charge >= 0.3 is 0 Å². The summed E-state index contributed by atoms with van der Waals surface area (Å²) in [5.74, 6) is -2.66. The molecule has 148 valence electrons. The number of pyridine rings is 1. The van der Waals surface area contributed by atoms with Crippen LogP contribution in [0.1, 0.15) is 46.0 Å². The molecule has 0 aliphatic rings. The van der Waals surface area contributed by atoms with E-state index in [4.69, 9.17) is 0 Å². The van der Waals surface area contributed by atoms with E-state index in [1.807, 2.05) is 12.1 Å². The minimum atomic E-state index is -0.898. The summed E-state index contributed by atoms with van der Waals surface area (Å²) in [4.78, 5) is 28.7. The Balaban J connectivity index is 1.74. The summed E-state index contributed by atoms with van der Waals surface area (Å²) in [6, 6.07) is 12.0. The summed E-state index contributed by atoms with van der Waals surface area (Å²) in [6.07, 6.45) is 2.51. The number of benzene rings is 2. The van der Waals surface area contributed by atoms with Crippen LogP contribution in [0.25, 0.3) is 0 Å². The van der Waals surface area contributed by atoms with Gasteiger partial charge in [-0.2, -0.15) is 0 Å². The summed E-state index contributed by atoms with van der Waals surface area (Å²) in [6.45, 7) is 4.14. The third-order valence-corrected chi connectivity index (χ3v) is 4.30. The maximum Gasteiger partial charge on any atom is 0.257 e. The molecule has 0 fully saturated rings. The van der Waals surface area contributed by atoms with Crippen LogP contribution in [0.15, 0.2) is 60.9 Å². The smallest absolute Gasteiger partial charge is 0.257 e. The average Bonchev–Trinajstić information content (AvgIpc) is 2.71. The highest BCUT2D eigenvalue weighted by molar-refractivity contribution is 6.08. The van der Waals surface area contributed by atoms with Gasteiger partial charge in [0.05, 0.1) is 11.1 Å². The van der Waals surface area contributed by atoms with Crippen LogP contribution in [-0.4, -0.2) is 16.8 Å². The van der Waals surface area contributed by atoms with E-state index in [0.717, 1.165) is 17.7 Å². The molecule has 3 aromatic rings. The largest absolute Gasteiger partial charge is 0.322 e. The lowest BCUT2D eigenvalue weighted by Gasteiger charge is -2.10. The van der Waals surface area contributed by atoms with Gasteiger partial charge in [0.15, 0.2) is 0 Å². The number of nitrogens with zero attached hydrogens (tertiary/aromatic N) is 1. The molecule has 0 unspecified atom stereocenters. The molecule has 7 heteroatoms. The van der Waals surface area contributed by atoms with Gasteiger partial charge in [0.25, 0.3) is 11.8 Å². The van der Waals surface area contributed by atoms with Crippen molar-refractivity contribution in [2.45, 2.75) is 19.8 Å². The predicted molar refractivity (Wildman–Crippen MR) is 107 cm³/mol. The van der Waals surface area contributed by atoms with Crippen LogP contribution in [0, 0.1) is 11.6 Å². The Hall–Kier alpha value is -3.61. The zero-order chi connectivity index (χ0) is 21.0. The lowest BCUT2D eigenvalue weighted by atomic mass is 10.0. The highest BCUT2D eigenvalue weighted by atomic mass is 19.1. The second-order valence-electron chi connectivity index (χ2n) is 6.74. The van der Waals surface area contributed by atoms with Gasteiger partial charge in [0.1, 0.15) is 17.3 Å². The van der Waals surface area contributed by atoms with Crippen molar-refractivity contribution in [3.63, 3.8) is 0 Å². The number of nitrogens with one attached hydrogen (secondary N) is 2. The number of carbonyl (C=O) groups excluding carboxylic acids is 2. The number of para-hydroxylation sites is 1. The molecule has 1 heterocycles. The molecule has 0 spiro atoms. The second kappa shape index (κ2) is 8.60. The number of rotatable bonds is 5. The van der Waals surface area contributed by atoms with Gasteiger partial charge < -0.3 is 10.6 Å². The van der Waals surface area contributed by atoms with Gasteiger partial charge in [-0.1, -0.05) is 32.0 Å². The van der Waals surface area contributed by atoms with Gasteiger partial charge in [-0.3, -0.25) is 14.6 Å². The Morgan fingerprint density at radius 1 is 0.862 bits per heavy atom. The van der Waals surface area contributed by atoms with E-state index >= 15 is 0 Å². The molecule has 2 N–H and O–H groups in total. The number of hydrogen-bond acceptors (Lipinski definition) is 3. The van der Waals surface area contributed by atoms with E-state index < -0.39 is 29.1 Å². The van der Waals surface area contributed by atoms with Crippen molar-refractivity contribution in [2.75, 3.05) is 10.6 Å². The number of amides is 2. The highest BCUT2D eigenvalue weighted by Crippen LogP contribution is 2.20. The second-order valence-corrected chi connectivity index (χ2v) is 6.74. The van der Waals surface area contributed by atoms with Crippen molar-refractivity contribution in [1.29, 1.82) is 0 Å². The number of hydrogen-bond donors (Lipinski definition) is 2. The first-order chi connectivity index (χ1) is 13.8. The van der Waals surface area contributed by atoms with Crippen molar-refractivity contribution in [3.8, 4) is 0 Å². The third-order valence-electron chi connectivity index (χ3n) is 4.30. The molecule has 0 aliphatic heterocycles. The molecular weight excluding hydrogens is 376 g/mol. The Labute approximate surface area is 166 Å². The molecule has 5 nitrogen and oxygen atoms in total. The normalized spacial score (nSPS) is 10.7. The molecule has 0 atom stereocenters. The van der Waals surface area contributed by atoms with Crippen LogP contribution in [0.3, 0.4) is 0 Å². The molecule has 2 aromatic carbocycles. The van der Waals surface area contributed by atoms with Gasteiger partial charge in [-0.25, -0.2) is 8.78 Å². The SMILES string of the molecule is CC(C)c1ccc(NC(=O)c2cncc(C(=O)Nc3c(F)cccc3F)c2)cc1. The first-order valence-electron chi connectivity index (χ1n) is 8.97. The van der Waals surface area contributed by atoms with Crippen molar-refractivity contribution in [1.82, 2.24) is 4.98 Å². The molecule has 0 saturated heterocycles. The lowest BCUT2D eigenvalue weighted by Crippen LogP contribution is -2.17. The van der Waals surface area contributed by atoms with E-state index in [-0.39, 0.29) is 11.1 Å². The Morgan fingerprint density at radius 2 is 1.41 bits per heavy atom. The van der Waals surface area contributed by atoms with Gasteiger partial charge in [-0.15, -0.1) is 0 Å². The number of aromatic nitrogens is 1. The van der Waals surface area contributed by atoms with Crippen LogP contribution in [0.4, 0.5) is 20.2 Å². The van der Waals surface area contributed by atoms with Crippen molar-refractivity contribution in [2.24, 2.45) is 0 Å². The average molecular weight is 395 g/mol. The standard InChI is InChI=1S/C22H19F2N3O2/c1-13(2)14-6-8-17(9-7-14)26-21(28)15-10-16(12-25-11-15)22(29)27-20-18(23)4-3-5-19(20)24/h3-13H,1-2H3,(H,26,28)(H,27,29). The minimum Gasteiger partial charge on any atom is -0.322 e. The first kappa shape index (κ1) is 20.1. The number of halogens is 2. The van der Waals surface area contributed by atoms with E-state index in [9.17, 15) is 18.4 Å². The summed E-state index contributed by atoms with van der Waals surface area (Å²) < 4.78 is 27.4. The first-order valence-corrected chi connectivity index (χ1v) is 8.97. The fraction of sp³-hybridized carbons (Fsp3) is 0.136. The lowest BCUT2D eigenvalue weighted by molar-refractivity contribution is 0.102. The Bertz CT molecular complexity index is 1030. The molecule has 0 aliphatic carbocycles. The maximum absolute atomic E-state index is 13.7. The highest BCUT2D eigenvalue weighted by Gasteiger charge is 2.16. The minimum absolute atomic E-state index is 0.00420. The maximum atomic E-state index is 13.7. The molecule has 2 amide bonds. The third kappa shape index (κ3) is 4.82. The predicted octanol–water partition coefficient (Wildman–Crippen LogP) is 4.99. The molecule has 0 radical (unpaired) electrons. The molecule has 3 rings (SSSR count). The summed E-state index contributed by atoms with van der Waals surface area (Å²) in [5.41, 5.74) is 1.32. The van der Waals surface area contributed by atoms with Crippen LogP contribution in [0.5, 0.6) is 0 Å². The molecular formula is C22H19F2N3O2. The molecule has 0 bridgehead atoms. The summed E-state index contributed by atoms with van der Waals surface area (Å²) >= 11 is 0. The van der Waals surface area contributed by atoms with Crippen molar-refractivity contribution >= 4 is 23.2 Å². The fourth-order valence-electron chi connectivity index (χ4n) is 2.65. The molecule has 29 heavy (non-hydrogen) atoms. The van der Waals surface area contributed by atoms with Crippen molar-refractivity contribution in [3.05, 3.63) is 89.2 Å². The Morgan fingerprint density at radius 3 is 1.97 bits per heavy atom.